The molecule has 1 heterocycles. The number of benzene rings is 3. The van der Waals surface area contributed by atoms with Crippen LogP contribution in [0.25, 0.3) is 0 Å². The van der Waals surface area contributed by atoms with Crippen LogP contribution in [0.5, 0.6) is 0 Å². The highest BCUT2D eigenvalue weighted by molar-refractivity contribution is 5.68. The number of carbonyl (C=O) groups excluding carboxylic acids is 2. The summed E-state index contributed by atoms with van der Waals surface area (Å²) in [7, 11) is 0. The van der Waals surface area contributed by atoms with Gasteiger partial charge >= 0.3 is 12.2 Å². The summed E-state index contributed by atoms with van der Waals surface area (Å²) >= 11 is 0. The summed E-state index contributed by atoms with van der Waals surface area (Å²) in [5, 5.41) is 0. The molecular weight excluding hydrogens is 449 g/mol. The van der Waals surface area contributed by atoms with Crippen LogP contribution in [-0.2, 0) is 27.4 Å². The molecule has 3 aromatic carbocycles. The molecule has 7 heteroatoms. The molecule has 0 N–H and O–H groups in total. The van der Waals surface area contributed by atoms with E-state index in [1.54, 1.807) is 17.0 Å². The van der Waals surface area contributed by atoms with Crippen molar-refractivity contribution in [1.82, 2.24) is 4.90 Å². The van der Waals surface area contributed by atoms with Gasteiger partial charge in [-0.3, -0.25) is 0 Å². The van der Waals surface area contributed by atoms with Crippen molar-refractivity contribution in [2.24, 2.45) is 5.92 Å². The standard InChI is InChI=1S/C28H28FNO5/c29-25-13-11-23(12-14-25)26-15-16-30(27(31)33-18-21-7-3-1-4-8-21)17-24(26)20-35-28(32)34-19-22-9-5-2-6-10-22/h1-14,24,26H,15-20H2/t24-,26-/m0/s1. The number of rotatable bonds is 7. The summed E-state index contributed by atoms with van der Waals surface area (Å²) in [6, 6.07) is 25.1. The highest BCUT2D eigenvalue weighted by Crippen LogP contribution is 2.34. The molecule has 0 aromatic heterocycles. The Kier molecular flexibility index (Phi) is 8.33. The molecule has 3 aromatic rings. The van der Waals surface area contributed by atoms with E-state index in [0.29, 0.717) is 19.5 Å². The molecule has 1 fully saturated rings. The maximum absolute atomic E-state index is 13.5. The van der Waals surface area contributed by atoms with Crippen molar-refractivity contribution in [2.45, 2.75) is 25.6 Å². The van der Waals surface area contributed by atoms with Crippen LogP contribution >= 0.6 is 0 Å². The molecule has 1 aliphatic heterocycles. The van der Waals surface area contributed by atoms with Gasteiger partial charge in [-0.15, -0.1) is 0 Å². The molecule has 1 aliphatic rings. The lowest BCUT2D eigenvalue weighted by atomic mass is 9.81. The first kappa shape index (κ1) is 24.3. The number of amides is 1. The topological polar surface area (TPSA) is 65.1 Å². The van der Waals surface area contributed by atoms with Gasteiger partial charge in [0.05, 0.1) is 0 Å². The average molecular weight is 478 g/mol. The molecule has 0 spiro atoms. The van der Waals surface area contributed by atoms with E-state index in [0.717, 1.165) is 16.7 Å². The van der Waals surface area contributed by atoms with Gasteiger partial charge < -0.3 is 19.1 Å². The molecule has 182 valence electrons. The summed E-state index contributed by atoms with van der Waals surface area (Å²) in [6.07, 6.45) is -0.544. The van der Waals surface area contributed by atoms with Crippen molar-refractivity contribution in [3.63, 3.8) is 0 Å². The van der Waals surface area contributed by atoms with Gasteiger partial charge in [0.25, 0.3) is 0 Å². The van der Waals surface area contributed by atoms with Crippen molar-refractivity contribution < 1.29 is 28.2 Å². The Hall–Kier alpha value is -3.87. The van der Waals surface area contributed by atoms with Crippen LogP contribution in [-0.4, -0.2) is 36.8 Å². The summed E-state index contributed by atoms with van der Waals surface area (Å²) in [5.74, 6) is -0.508. The second-order valence-corrected chi connectivity index (χ2v) is 8.53. The first-order valence-corrected chi connectivity index (χ1v) is 11.6. The third-order valence-corrected chi connectivity index (χ3v) is 6.11. The Morgan fingerprint density at radius 2 is 1.40 bits per heavy atom. The summed E-state index contributed by atoms with van der Waals surface area (Å²) in [4.78, 5) is 26.6. The van der Waals surface area contributed by atoms with Gasteiger partial charge in [-0.05, 0) is 41.2 Å². The highest BCUT2D eigenvalue weighted by atomic mass is 19.1. The lowest BCUT2D eigenvalue weighted by Gasteiger charge is -2.38. The highest BCUT2D eigenvalue weighted by Gasteiger charge is 2.34. The van der Waals surface area contributed by atoms with Crippen LogP contribution in [0.4, 0.5) is 14.0 Å². The van der Waals surface area contributed by atoms with E-state index < -0.39 is 12.2 Å². The third-order valence-electron chi connectivity index (χ3n) is 6.11. The van der Waals surface area contributed by atoms with Crippen molar-refractivity contribution in [2.75, 3.05) is 19.7 Å². The van der Waals surface area contributed by atoms with Crippen molar-refractivity contribution in [3.05, 3.63) is 107 Å². The first-order chi connectivity index (χ1) is 17.1. The number of halogens is 1. The van der Waals surface area contributed by atoms with Gasteiger partial charge in [-0.2, -0.15) is 0 Å². The Morgan fingerprint density at radius 3 is 2.03 bits per heavy atom. The Bertz CT molecular complexity index is 1090. The zero-order valence-corrected chi connectivity index (χ0v) is 19.3. The molecule has 0 radical (unpaired) electrons. The second kappa shape index (κ2) is 12.0. The quantitative estimate of drug-likeness (QED) is 0.395. The normalized spacial score (nSPS) is 17.5. The van der Waals surface area contributed by atoms with Crippen LogP contribution in [0.2, 0.25) is 0 Å². The zero-order valence-electron chi connectivity index (χ0n) is 19.3. The zero-order chi connectivity index (χ0) is 24.5. The minimum absolute atomic E-state index is 0.00398. The van der Waals surface area contributed by atoms with Gasteiger partial charge in [0, 0.05) is 19.0 Å². The predicted molar refractivity (Wildman–Crippen MR) is 128 cm³/mol. The monoisotopic (exact) mass is 477 g/mol. The van der Waals surface area contributed by atoms with E-state index in [1.165, 1.54) is 12.1 Å². The molecular formula is C28H28FNO5. The van der Waals surface area contributed by atoms with E-state index in [1.807, 2.05) is 60.7 Å². The summed E-state index contributed by atoms with van der Waals surface area (Å²) < 4.78 is 29.6. The maximum atomic E-state index is 13.5. The molecule has 0 saturated carbocycles. The van der Waals surface area contributed by atoms with Crippen molar-refractivity contribution in [3.8, 4) is 0 Å². The molecule has 1 saturated heterocycles. The minimum atomic E-state index is -0.768. The lowest BCUT2D eigenvalue weighted by molar-refractivity contribution is 0.0201. The van der Waals surface area contributed by atoms with Gasteiger partial charge in [0.15, 0.2) is 0 Å². The van der Waals surface area contributed by atoms with E-state index in [9.17, 15) is 14.0 Å². The van der Waals surface area contributed by atoms with Crippen LogP contribution in [0.1, 0.15) is 29.0 Å². The molecule has 1 amide bonds. The predicted octanol–water partition coefficient (Wildman–Crippen LogP) is 5.92. The Morgan fingerprint density at radius 1 is 0.800 bits per heavy atom. The SMILES string of the molecule is O=C(OCc1ccccc1)OC[C@@H]1CN(C(=O)OCc2ccccc2)CC[C@H]1c1ccc(F)cc1. The number of likely N-dealkylation sites (tertiary alicyclic amines) is 1. The van der Waals surface area contributed by atoms with E-state index >= 15 is 0 Å². The smallest absolute Gasteiger partial charge is 0.445 e. The number of carbonyl (C=O) groups is 2. The fourth-order valence-electron chi connectivity index (χ4n) is 4.26. The van der Waals surface area contributed by atoms with Crippen LogP contribution in [0.15, 0.2) is 84.9 Å². The number of hydrogen-bond donors (Lipinski definition) is 0. The van der Waals surface area contributed by atoms with Gasteiger partial charge in [-0.25, -0.2) is 14.0 Å². The molecule has 0 aliphatic carbocycles. The van der Waals surface area contributed by atoms with Crippen LogP contribution < -0.4 is 0 Å². The number of piperidine rings is 1. The van der Waals surface area contributed by atoms with E-state index in [4.69, 9.17) is 14.2 Å². The Labute approximate surface area is 204 Å². The fourth-order valence-corrected chi connectivity index (χ4v) is 4.26. The lowest BCUT2D eigenvalue weighted by Crippen LogP contribution is -2.45. The minimum Gasteiger partial charge on any atom is -0.445 e. The van der Waals surface area contributed by atoms with Crippen LogP contribution in [0.3, 0.4) is 0 Å². The van der Waals surface area contributed by atoms with Gasteiger partial charge in [-0.1, -0.05) is 72.8 Å². The molecule has 0 unspecified atom stereocenters. The van der Waals surface area contributed by atoms with Gasteiger partial charge in [0.1, 0.15) is 25.6 Å². The average Bonchev–Trinajstić information content (AvgIpc) is 2.91. The van der Waals surface area contributed by atoms with Gasteiger partial charge in [0.2, 0.25) is 0 Å². The largest absolute Gasteiger partial charge is 0.508 e. The molecule has 2 atom stereocenters. The molecule has 0 bridgehead atoms. The summed E-state index contributed by atoms with van der Waals surface area (Å²) in [5.41, 5.74) is 2.71. The number of nitrogens with zero attached hydrogens (tertiary/aromatic N) is 1. The first-order valence-electron chi connectivity index (χ1n) is 11.6. The van der Waals surface area contributed by atoms with E-state index in [2.05, 4.69) is 0 Å². The van der Waals surface area contributed by atoms with Crippen LogP contribution in [0, 0.1) is 11.7 Å². The third kappa shape index (κ3) is 7.06. The Balaban J connectivity index is 1.36. The fraction of sp³-hybridized carbons (Fsp3) is 0.286. The summed E-state index contributed by atoms with van der Waals surface area (Å²) in [6.45, 7) is 1.21. The maximum Gasteiger partial charge on any atom is 0.508 e. The number of hydrogen-bond acceptors (Lipinski definition) is 5. The van der Waals surface area contributed by atoms with E-state index in [-0.39, 0.29) is 37.5 Å². The van der Waals surface area contributed by atoms with Crippen molar-refractivity contribution >= 4 is 12.2 Å². The molecule has 35 heavy (non-hydrogen) atoms. The second-order valence-electron chi connectivity index (χ2n) is 8.53. The molecule has 6 nitrogen and oxygen atoms in total. The molecule has 4 rings (SSSR count). The van der Waals surface area contributed by atoms with Crippen molar-refractivity contribution in [1.29, 1.82) is 0 Å². The number of ether oxygens (including phenoxy) is 3.